The zero-order valence-corrected chi connectivity index (χ0v) is 14.8. The third-order valence-corrected chi connectivity index (χ3v) is 7.48. The first kappa shape index (κ1) is 16.3. The maximum atomic E-state index is 12.2. The average molecular weight is 457 g/mol. The number of rotatable bonds is 4. The molecule has 0 atom stereocenters. The molecule has 0 bridgehead atoms. The minimum absolute atomic E-state index is 0.0677. The number of nitrogens with one attached hydrogen (secondary N) is 1. The van der Waals surface area contributed by atoms with Gasteiger partial charge < -0.3 is 10.2 Å². The van der Waals surface area contributed by atoms with Crippen LogP contribution in [0.25, 0.3) is 0 Å². The Kier molecular flexibility index (Phi) is 4.61. The summed E-state index contributed by atoms with van der Waals surface area (Å²) in [4.78, 5) is 10.8. The van der Waals surface area contributed by atoms with E-state index in [4.69, 9.17) is 5.11 Å². The zero-order valence-electron chi connectivity index (χ0n) is 10.0. The van der Waals surface area contributed by atoms with Crippen molar-refractivity contribution >= 4 is 64.9 Å². The van der Waals surface area contributed by atoms with Crippen LogP contribution in [0.2, 0.25) is 0 Å². The Hall–Kier alpha value is -1.10. The second kappa shape index (κ2) is 5.95. The molecule has 0 unspecified atom stereocenters. The maximum absolute atomic E-state index is 12.2. The molecular formula is C11H7Br2NO5S2. The topological polar surface area (TPSA) is 104 Å². The van der Waals surface area contributed by atoms with Gasteiger partial charge in [-0.05, 0) is 50.1 Å². The van der Waals surface area contributed by atoms with E-state index < -0.39 is 21.7 Å². The first-order valence-electron chi connectivity index (χ1n) is 5.24. The number of anilines is 1. The third kappa shape index (κ3) is 3.57. The van der Waals surface area contributed by atoms with E-state index in [1.165, 1.54) is 12.1 Å². The Balaban J connectivity index is 2.33. The standard InChI is InChI=1S/C11H7Br2NO5S2/c12-7-4-9(20-10(7)13)21(18,19)14-5-1-2-6(11(16)17)8(15)3-5/h1-4,14-15H,(H,16,17). The Morgan fingerprint density at radius 3 is 2.38 bits per heavy atom. The number of aromatic carboxylic acids is 1. The number of aromatic hydroxyl groups is 1. The predicted octanol–water partition coefficient (Wildman–Crippen LogP) is 3.48. The normalized spacial score (nSPS) is 11.3. The quantitative estimate of drug-likeness (QED) is 0.653. The summed E-state index contributed by atoms with van der Waals surface area (Å²) in [6.07, 6.45) is 0. The van der Waals surface area contributed by atoms with Gasteiger partial charge in [-0.2, -0.15) is 0 Å². The largest absolute Gasteiger partial charge is 0.507 e. The van der Waals surface area contributed by atoms with Gasteiger partial charge in [-0.3, -0.25) is 4.72 Å². The van der Waals surface area contributed by atoms with Gasteiger partial charge in [0.25, 0.3) is 10.0 Å². The number of carboxylic acid groups (broad SMARTS) is 1. The van der Waals surface area contributed by atoms with Crippen molar-refractivity contribution in [3.05, 3.63) is 38.1 Å². The van der Waals surface area contributed by atoms with Crippen LogP contribution in [-0.2, 0) is 10.0 Å². The molecule has 21 heavy (non-hydrogen) atoms. The highest BCUT2D eigenvalue weighted by Crippen LogP contribution is 2.35. The van der Waals surface area contributed by atoms with Crippen LogP contribution in [0.15, 0.2) is 36.7 Å². The molecule has 0 aliphatic carbocycles. The van der Waals surface area contributed by atoms with Crippen LogP contribution in [0.3, 0.4) is 0 Å². The highest BCUT2D eigenvalue weighted by Gasteiger charge is 2.20. The lowest BCUT2D eigenvalue weighted by molar-refractivity contribution is 0.0694. The number of phenols is 1. The molecule has 0 radical (unpaired) electrons. The number of carboxylic acids is 1. The molecule has 10 heteroatoms. The van der Waals surface area contributed by atoms with Gasteiger partial charge in [-0.15, -0.1) is 11.3 Å². The molecule has 0 saturated heterocycles. The van der Waals surface area contributed by atoms with Gasteiger partial charge in [0.2, 0.25) is 0 Å². The fraction of sp³-hybridized carbons (Fsp3) is 0. The van der Waals surface area contributed by atoms with E-state index in [2.05, 4.69) is 36.6 Å². The van der Waals surface area contributed by atoms with Gasteiger partial charge >= 0.3 is 5.97 Å². The van der Waals surface area contributed by atoms with Gasteiger partial charge in [-0.25, -0.2) is 13.2 Å². The van der Waals surface area contributed by atoms with E-state index in [9.17, 15) is 18.3 Å². The molecule has 0 fully saturated rings. The number of carbonyl (C=O) groups is 1. The summed E-state index contributed by atoms with van der Waals surface area (Å²) in [5.41, 5.74) is -0.238. The highest BCUT2D eigenvalue weighted by atomic mass is 79.9. The molecule has 6 nitrogen and oxygen atoms in total. The number of sulfonamides is 1. The van der Waals surface area contributed by atoms with E-state index in [1.807, 2.05) is 0 Å². The Morgan fingerprint density at radius 2 is 1.90 bits per heavy atom. The van der Waals surface area contributed by atoms with Crippen molar-refractivity contribution in [3.63, 3.8) is 0 Å². The van der Waals surface area contributed by atoms with Gasteiger partial charge in [0.1, 0.15) is 15.5 Å². The molecule has 0 aliphatic rings. The van der Waals surface area contributed by atoms with Gasteiger partial charge in [0, 0.05) is 10.5 Å². The maximum Gasteiger partial charge on any atom is 0.339 e. The van der Waals surface area contributed by atoms with Gasteiger partial charge in [0.05, 0.1) is 9.47 Å². The minimum atomic E-state index is -3.81. The van der Waals surface area contributed by atoms with Crippen molar-refractivity contribution in [3.8, 4) is 5.75 Å². The SMILES string of the molecule is O=C(O)c1ccc(NS(=O)(=O)c2cc(Br)c(Br)s2)cc1O. The molecule has 3 N–H and O–H groups in total. The third-order valence-electron chi connectivity index (χ3n) is 2.37. The van der Waals surface area contributed by atoms with E-state index in [-0.39, 0.29) is 15.5 Å². The second-order valence-corrected chi connectivity index (χ2v) is 8.96. The van der Waals surface area contributed by atoms with Crippen LogP contribution in [0.4, 0.5) is 5.69 Å². The molecule has 0 aliphatic heterocycles. The average Bonchev–Trinajstić information content (AvgIpc) is 2.69. The van der Waals surface area contributed by atoms with E-state index in [0.717, 1.165) is 23.5 Å². The molecule has 0 spiro atoms. The number of halogens is 2. The monoisotopic (exact) mass is 455 g/mol. The van der Waals surface area contributed by atoms with E-state index >= 15 is 0 Å². The van der Waals surface area contributed by atoms with Crippen LogP contribution in [0.5, 0.6) is 5.75 Å². The van der Waals surface area contributed by atoms with Crippen molar-refractivity contribution < 1.29 is 23.4 Å². The number of thiophene rings is 1. The first-order chi connectivity index (χ1) is 9.70. The molecule has 2 rings (SSSR count). The fourth-order valence-electron chi connectivity index (χ4n) is 1.44. The molecule has 1 aromatic carbocycles. The van der Waals surface area contributed by atoms with Crippen LogP contribution >= 0.6 is 43.2 Å². The van der Waals surface area contributed by atoms with Crippen LogP contribution in [0.1, 0.15) is 10.4 Å². The molecule has 112 valence electrons. The molecule has 1 aromatic heterocycles. The number of hydrogen-bond donors (Lipinski definition) is 3. The lowest BCUT2D eigenvalue weighted by atomic mass is 10.2. The van der Waals surface area contributed by atoms with Crippen LogP contribution < -0.4 is 4.72 Å². The van der Waals surface area contributed by atoms with Crippen LogP contribution in [0, 0.1) is 0 Å². The fourth-order valence-corrected chi connectivity index (χ4v) is 5.31. The van der Waals surface area contributed by atoms with Gasteiger partial charge in [0.15, 0.2) is 0 Å². The summed E-state index contributed by atoms with van der Waals surface area (Å²) in [5, 5.41) is 18.3. The summed E-state index contributed by atoms with van der Waals surface area (Å²) in [7, 11) is -3.81. The number of benzene rings is 1. The lowest BCUT2D eigenvalue weighted by Gasteiger charge is -2.07. The van der Waals surface area contributed by atoms with Crippen molar-refractivity contribution in [2.24, 2.45) is 0 Å². The highest BCUT2D eigenvalue weighted by molar-refractivity contribution is 9.13. The lowest BCUT2D eigenvalue weighted by Crippen LogP contribution is -2.11. The van der Waals surface area contributed by atoms with Crippen LogP contribution in [-0.4, -0.2) is 24.6 Å². The van der Waals surface area contributed by atoms with E-state index in [1.54, 1.807) is 0 Å². The summed E-state index contributed by atoms with van der Waals surface area (Å²) < 4.78 is 27.9. The van der Waals surface area contributed by atoms with Gasteiger partial charge in [-0.1, -0.05) is 0 Å². The molecular weight excluding hydrogens is 450 g/mol. The number of hydrogen-bond acceptors (Lipinski definition) is 5. The Labute approximate surface area is 140 Å². The molecule has 2 aromatic rings. The molecule has 1 heterocycles. The smallest absolute Gasteiger partial charge is 0.339 e. The molecule has 0 saturated carbocycles. The zero-order chi connectivity index (χ0) is 15.8. The summed E-state index contributed by atoms with van der Waals surface area (Å²) in [6.45, 7) is 0. The summed E-state index contributed by atoms with van der Waals surface area (Å²) in [5.74, 6) is -1.82. The second-order valence-electron chi connectivity index (χ2n) is 3.83. The minimum Gasteiger partial charge on any atom is -0.507 e. The van der Waals surface area contributed by atoms with Crippen molar-refractivity contribution in [1.29, 1.82) is 0 Å². The summed E-state index contributed by atoms with van der Waals surface area (Å²) in [6, 6.07) is 4.86. The van der Waals surface area contributed by atoms with E-state index in [0.29, 0.717) is 8.26 Å². The van der Waals surface area contributed by atoms with Crippen molar-refractivity contribution in [1.82, 2.24) is 0 Å². The Bertz CT molecular complexity index is 797. The van der Waals surface area contributed by atoms with Crippen molar-refractivity contribution in [2.75, 3.05) is 4.72 Å². The summed E-state index contributed by atoms with van der Waals surface area (Å²) >= 11 is 7.42. The van der Waals surface area contributed by atoms with Crippen molar-refractivity contribution in [2.45, 2.75) is 4.21 Å². The Morgan fingerprint density at radius 1 is 1.24 bits per heavy atom. The molecule has 0 amide bonds. The predicted molar refractivity (Wildman–Crippen MR) is 85.6 cm³/mol. The first-order valence-corrected chi connectivity index (χ1v) is 9.13.